The van der Waals surface area contributed by atoms with Crippen molar-refractivity contribution in [2.75, 3.05) is 19.4 Å². The average Bonchev–Trinajstić information content (AvgIpc) is 3.30. The molecule has 0 spiro atoms. The van der Waals surface area contributed by atoms with Crippen LogP contribution >= 0.6 is 0 Å². The summed E-state index contributed by atoms with van der Waals surface area (Å²) >= 11 is 0. The number of hydrogen-bond acceptors (Lipinski definition) is 2. The van der Waals surface area contributed by atoms with E-state index in [9.17, 15) is 0 Å². The molecule has 1 aliphatic rings. The summed E-state index contributed by atoms with van der Waals surface area (Å²) in [6, 6.07) is 20.1. The van der Waals surface area contributed by atoms with Crippen LogP contribution in [0, 0.1) is 5.92 Å². The number of anilines is 1. The lowest BCUT2D eigenvalue weighted by atomic mass is 10.0. The lowest BCUT2D eigenvalue weighted by molar-refractivity contribution is 0.402. The highest BCUT2D eigenvalue weighted by molar-refractivity contribution is 5.48. The molecule has 1 aliphatic carbocycles. The first kappa shape index (κ1) is 14.2. The summed E-state index contributed by atoms with van der Waals surface area (Å²) < 4.78 is 0. The van der Waals surface area contributed by atoms with Crippen molar-refractivity contribution in [1.82, 2.24) is 4.90 Å². The smallest absolute Gasteiger partial charge is 0.0542 e. The number of nitrogens with one attached hydrogen (secondary N) is 1. The van der Waals surface area contributed by atoms with Crippen LogP contribution in [0.1, 0.15) is 30.0 Å². The monoisotopic (exact) mass is 280 g/mol. The van der Waals surface area contributed by atoms with Crippen LogP contribution < -0.4 is 5.32 Å². The third-order valence-corrected chi connectivity index (χ3v) is 4.00. The van der Waals surface area contributed by atoms with Crippen molar-refractivity contribution in [3.8, 4) is 0 Å². The first-order chi connectivity index (χ1) is 10.2. The molecule has 1 saturated carbocycles. The van der Waals surface area contributed by atoms with Crippen LogP contribution in [0.2, 0.25) is 0 Å². The second-order valence-corrected chi connectivity index (χ2v) is 6.31. The van der Waals surface area contributed by atoms with E-state index in [0.717, 1.165) is 12.5 Å². The molecule has 0 aliphatic heterocycles. The first-order valence-electron chi connectivity index (χ1n) is 7.77. The molecule has 1 fully saturated rings. The van der Waals surface area contributed by atoms with Gasteiger partial charge >= 0.3 is 0 Å². The number of benzene rings is 2. The topological polar surface area (TPSA) is 15.3 Å². The second-order valence-electron chi connectivity index (χ2n) is 6.31. The molecule has 2 heteroatoms. The van der Waals surface area contributed by atoms with Crippen LogP contribution in [0.3, 0.4) is 0 Å². The lowest BCUT2D eigenvalue weighted by Gasteiger charge is -2.21. The van der Waals surface area contributed by atoms with Crippen LogP contribution in [-0.4, -0.2) is 19.0 Å². The fourth-order valence-electron chi connectivity index (χ4n) is 2.87. The van der Waals surface area contributed by atoms with Gasteiger partial charge in [0.1, 0.15) is 0 Å². The summed E-state index contributed by atoms with van der Waals surface area (Å²) in [5.41, 5.74) is 3.99. The van der Waals surface area contributed by atoms with Crippen molar-refractivity contribution < 1.29 is 0 Å². The van der Waals surface area contributed by atoms with Crippen molar-refractivity contribution in [2.45, 2.75) is 25.4 Å². The van der Waals surface area contributed by atoms with E-state index in [1.54, 1.807) is 0 Å². The molecule has 1 atom stereocenters. The predicted octanol–water partition coefficient (Wildman–Crippen LogP) is 4.31. The molecule has 3 rings (SSSR count). The summed E-state index contributed by atoms with van der Waals surface area (Å²) in [4.78, 5) is 2.20. The van der Waals surface area contributed by atoms with Crippen LogP contribution in [0.4, 0.5) is 5.69 Å². The van der Waals surface area contributed by atoms with Gasteiger partial charge in [-0.25, -0.2) is 0 Å². The molecule has 0 heterocycles. The zero-order valence-electron chi connectivity index (χ0n) is 12.9. The molecule has 2 aromatic rings. The molecule has 1 unspecified atom stereocenters. The van der Waals surface area contributed by atoms with Gasteiger partial charge in [-0.1, -0.05) is 42.5 Å². The SMILES string of the molecule is CN(C)Cc1cccc(NC(c2ccccc2)C2CC2)c1. The van der Waals surface area contributed by atoms with Crippen LogP contribution in [-0.2, 0) is 6.54 Å². The predicted molar refractivity (Wildman–Crippen MR) is 89.4 cm³/mol. The summed E-state index contributed by atoms with van der Waals surface area (Å²) in [6.07, 6.45) is 2.67. The van der Waals surface area contributed by atoms with Crippen molar-refractivity contribution >= 4 is 5.69 Å². The summed E-state index contributed by atoms with van der Waals surface area (Å²) in [7, 11) is 4.22. The highest BCUT2D eigenvalue weighted by atomic mass is 15.0. The van der Waals surface area contributed by atoms with Gasteiger partial charge in [0.15, 0.2) is 0 Å². The molecule has 21 heavy (non-hydrogen) atoms. The van der Waals surface area contributed by atoms with Crippen LogP contribution in [0.25, 0.3) is 0 Å². The van der Waals surface area contributed by atoms with E-state index in [-0.39, 0.29) is 0 Å². The average molecular weight is 280 g/mol. The van der Waals surface area contributed by atoms with Gasteiger partial charge in [0.05, 0.1) is 6.04 Å². The van der Waals surface area contributed by atoms with E-state index in [4.69, 9.17) is 0 Å². The van der Waals surface area contributed by atoms with E-state index in [1.807, 2.05) is 0 Å². The quantitative estimate of drug-likeness (QED) is 0.848. The van der Waals surface area contributed by atoms with Gasteiger partial charge in [-0.05, 0) is 56.1 Å². The Morgan fingerprint density at radius 2 is 1.81 bits per heavy atom. The maximum Gasteiger partial charge on any atom is 0.0542 e. The maximum absolute atomic E-state index is 3.75. The molecule has 0 saturated heterocycles. The molecular weight excluding hydrogens is 256 g/mol. The Labute approximate surface area is 127 Å². The zero-order chi connectivity index (χ0) is 14.7. The second kappa shape index (κ2) is 6.31. The minimum Gasteiger partial charge on any atom is -0.378 e. The molecule has 0 aromatic heterocycles. The maximum atomic E-state index is 3.75. The van der Waals surface area contributed by atoms with Crippen molar-refractivity contribution in [3.05, 3.63) is 65.7 Å². The molecule has 2 aromatic carbocycles. The Balaban J connectivity index is 1.77. The minimum absolute atomic E-state index is 0.445. The summed E-state index contributed by atoms with van der Waals surface area (Å²) in [6.45, 7) is 0.981. The molecular formula is C19H24N2. The van der Waals surface area contributed by atoms with Crippen molar-refractivity contribution in [3.63, 3.8) is 0 Å². The highest BCUT2D eigenvalue weighted by Gasteiger charge is 2.32. The Bertz CT molecular complexity index is 573. The number of hydrogen-bond donors (Lipinski definition) is 1. The third kappa shape index (κ3) is 3.85. The Morgan fingerprint density at radius 3 is 2.48 bits per heavy atom. The number of nitrogens with zero attached hydrogens (tertiary/aromatic N) is 1. The van der Waals surface area contributed by atoms with Gasteiger partial charge in [0.2, 0.25) is 0 Å². The van der Waals surface area contributed by atoms with E-state index in [1.165, 1.54) is 29.7 Å². The third-order valence-electron chi connectivity index (χ3n) is 4.00. The molecule has 0 bridgehead atoms. The Kier molecular flexibility index (Phi) is 4.26. The van der Waals surface area contributed by atoms with Crippen LogP contribution in [0.15, 0.2) is 54.6 Å². The molecule has 2 nitrogen and oxygen atoms in total. The zero-order valence-corrected chi connectivity index (χ0v) is 12.9. The first-order valence-corrected chi connectivity index (χ1v) is 7.77. The van der Waals surface area contributed by atoms with Gasteiger partial charge < -0.3 is 10.2 Å². The van der Waals surface area contributed by atoms with Gasteiger partial charge in [0, 0.05) is 12.2 Å². The summed E-state index contributed by atoms with van der Waals surface area (Å²) in [5, 5.41) is 3.75. The van der Waals surface area contributed by atoms with E-state index >= 15 is 0 Å². The minimum atomic E-state index is 0.445. The van der Waals surface area contributed by atoms with Crippen molar-refractivity contribution in [1.29, 1.82) is 0 Å². The lowest BCUT2D eigenvalue weighted by Crippen LogP contribution is -2.14. The van der Waals surface area contributed by atoms with E-state index in [2.05, 4.69) is 78.9 Å². The Hall–Kier alpha value is -1.80. The molecule has 110 valence electrons. The fraction of sp³-hybridized carbons (Fsp3) is 0.368. The van der Waals surface area contributed by atoms with Gasteiger partial charge in [0.25, 0.3) is 0 Å². The van der Waals surface area contributed by atoms with E-state index < -0.39 is 0 Å². The van der Waals surface area contributed by atoms with Crippen LogP contribution in [0.5, 0.6) is 0 Å². The van der Waals surface area contributed by atoms with Gasteiger partial charge in [-0.3, -0.25) is 0 Å². The summed E-state index contributed by atoms with van der Waals surface area (Å²) in [5.74, 6) is 0.782. The Morgan fingerprint density at radius 1 is 1.05 bits per heavy atom. The normalized spacial score (nSPS) is 16.0. The van der Waals surface area contributed by atoms with E-state index in [0.29, 0.717) is 6.04 Å². The van der Waals surface area contributed by atoms with Gasteiger partial charge in [-0.2, -0.15) is 0 Å². The molecule has 0 amide bonds. The highest BCUT2D eigenvalue weighted by Crippen LogP contribution is 2.42. The van der Waals surface area contributed by atoms with Crippen molar-refractivity contribution in [2.24, 2.45) is 5.92 Å². The number of rotatable bonds is 6. The standard InChI is InChI=1S/C19H24N2/c1-21(2)14-15-7-6-10-18(13-15)20-19(17-11-12-17)16-8-4-3-5-9-16/h3-10,13,17,19-20H,11-12,14H2,1-2H3. The molecule has 1 N–H and O–H groups in total. The largest absolute Gasteiger partial charge is 0.378 e. The molecule has 0 radical (unpaired) electrons. The van der Waals surface area contributed by atoms with Gasteiger partial charge in [-0.15, -0.1) is 0 Å². The fourth-order valence-corrected chi connectivity index (χ4v) is 2.87.